The van der Waals surface area contributed by atoms with Crippen molar-refractivity contribution >= 4 is 22.7 Å². The molecule has 160 valence electrons. The minimum atomic E-state index is -0.383. The maximum Gasteiger partial charge on any atom is 0.261 e. The second kappa shape index (κ2) is 9.55. The summed E-state index contributed by atoms with van der Waals surface area (Å²) in [5, 5.41) is 3.10. The highest BCUT2D eigenvalue weighted by Gasteiger charge is 2.23. The highest BCUT2D eigenvalue weighted by atomic mass is 16.2. The van der Waals surface area contributed by atoms with Gasteiger partial charge in [-0.2, -0.15) is 0 Å². The minimum absolute atomic E-state index is 0.0576. The monoisotopic (exact) mass is 418 g/mol. The molecule has 0 saturated carbocycles. The number of amides is 2. The molecule has 2 amide bonds. The number of aromatic nitrogens is 2. The van der Waals surface area contributed by atoms with Crippen LogP contribution < -0.4 is 10.9 Å². The van der Waals surface area contributed by atoms with E-state index in [9.17, 15) is 14.4 Å². The molecular weight excluding hydrogens is 392 g/mol. The number of likely N-dealkylation sites (tertiary alicyclic amines) is 1. The molecule has 2 aromatic carbocycles. The van der Waals surface area contributed by atoms with E-state index in [0.717, 1.165) is 19.3 Å². The lowest BCUT2D eigenvalue weighted by atomic mass is 9.90. The van der Waals surface area contributed by atoms with E-state index in [1.54, 1.807) is 18.2 Å². The van der Waals surface area contributed by atoms with E-state index in [4.69, 9.17) is 0 Å². The van der Waals surface area contributed by atoms with E-state index in [1.165, 1.54) is 16.5 Å². The molecule has 1 N–H and O–H groups in total. The van der Waals surface area contributed by atoms with Crippen molar-refractivity contribution in [3.05, 3.63) is 76.8 Å². The van der Waals surface area contributed by atoms with E-state index < -0.39 is 0 Å². The molecule has 1 saturated heterocycles. The molecule has 0 spiro atoms. The van der Waals surface area contributed by atoms with Crippen molar-refractivity contribution in [3.8, 4) is 0 Å². The number of benzene rings is 2. The van der Waals surface area contributed by atoms with Crippen molar-refractivity contribution in [2.75, 3.05) is 19.6 Å². The zero-order valence-electron chi connectivity index (χ0n) is 17.4. The Morgan fingerprint density at radius 2 is 1.71 bits per heavy atom. The van der Waals surface area contributed by atoms with Gasteiger partial charge in [-0.25, -0.2) is 4.98 Å². The van der Waals surface area contributed by atoms with Gasteiger partial charge >= 0.3 is 0 Å². The summed E-state index contributed by atoms with van der Waals surface area (Å²) in [6, 6.07) is 17.4. The maximum atomic E-state index is 12.5. The Labute approximate surface area is 180 Å². The molecule has 0 radical (unpaired) electrons. The highest BCUT2D eigenvalue weighted by molar-refractivity contribution is 5.85. The maximum absolute atomic E-state index is 12.5. The number of rotatable bonds is 6. The van der Waals surface area contributed by atoms with E-state index in [0.29, 0.717) is 29.9 Å². The van der Waals surface area contributed by atoms with Crippen LogP contribution in [0.15, 0.2) is 65.7 Å². The zero-order chi connectivity index (χ0) is 21.6. The van der Waals surface area contributed by atoms with Gasteiger partial charge in [0.15, 0.2) is 0 Å². The van der Waals surface area contributed by atoms with Crippen molar-refractivity contribution in [2.45, 2.75) is 25.8 Å². The van der Waals surface area contributed by atoms with E-state index in [1.807, 2.05) is 17.0 Å². The lowest BCUT2D eigenvalue weighted by molar-refractivity contribution is -0.134. The van der Waals surface area contributed by atoms with Crippen molar-refractivity contribution in [1.82, 2.24) is 19.8 Å². The molecule has 0 aliphatic carbocycles. The van der Waals surface area contributed by atoms with Crippen LogP contribution in [0.3, 0.4) is 0 Å². The lowest BCUT2D eigenvalue weighted by Gasteiger charge is -2.32. The fourth-order valence-electron chi connectivity index (χ4n) is 4.05. The average molecular weight is 418 g/mol. The normalized spacial score (nSPS) is 14.5. The largest absolute Gasteiger partial charge is 0.345 e. The first-order valence-electron chi connectivity index (χ1n) is 10.6. The summed E-state index contributed by atoms with van der Waals surface area (Å²) in [7, 11) is 0. The lowest BCUT2D eigenvalue weighted by Crippen LogP contribution is -2.45. The number of hydrogen-bond acceptors (Lipinski definition) is 4. The Hall–Kier alpha value is -3.48. The minimum Gasteiger partial charge on any atom is -0.345 e. The Morgan fingerprint density at radius 3 is 2.48 bits per heavy atom. The molecule has 3 aromatic rings. The SMILES string of the molecule is O=C(Cn1cnc2ccccc2c1=O)NCC(=O)N1CCC(Cc2ccccc2)CC1. The Bertz CT molecular complexity index is 1120. The first-order valence-corrected chi connectivity index (χ1v) is 10.6. The smallest absolute Gasteiger partial charge is 0.261 e. The van der Waals surface area contributed by atoms with Gasteiger partial charge in [-0.15, -0.1) is 0 Å². The first kappa shape index (κ1) is 20.8. The molecule has 1 aromatic heterocycles. The summed E-state index contributed by atoms with van der Waals surface area (Å²) in [6.45, 7) is 1.20. The quantitative estimate of drug-likeness (QED) is 0.664. The molecule has 1 aliphatic rings. The van der Waals surface area contributed by atoms with Crippen LogP contribution in [0.1, 0.15) is 18.4 Å². The first-order chi connectivity index (χ1) is 15.1. The summed E-state index contributed by atoms with van der Waals surface area (Å²) in [5.74, 6) is 0.107. The van der Waals surface area contributed by atoms with Crippen molar-refractivity contribution in [2.24, 2.45) is 5.92 Å². The number of fused-ring (bicyclic) bond motifs is 1. The number of piperidine rings is 1. The van der Waals surface area contributed by atoms with Gasteiger partial charge < -0.3 is 10.2 Å². The molecule has 0 bridgehead atoms. The van der Waals surface area contributed by atoms with E-state index >= 15 is 0 Å². The van der Waals surface area contributed by atoms with Crippen LogP contribution in [-0.4, -0.2) is 45.9 Å². The fraction of sp³-hybridized carbons (Fsp3) is 0.333. The van der Waals surface area contributed by atoms with Gasteiger partial charge in [0, 0.05) is 13.1 Å². The van der Waals surface area contributed by atoms with Crippen LogP contribution in [0.4, 0.5) is 0 Å². The van der Waals surface area contributed by atoms with Gasteiger partial charge in [-0.05, 0) is 42.9 Å². The van der Waals surface area contributed by atoms with Gasteiger partial charge in [-0.1, -0.05) is 42.5 Å². The number of nitrogens with one attached hydrogen (secondary N) is 1. The fourth-order valence-corrected chi connectivity index (χ4v) is 4.05. The summed E-state index contributed by atoms with van der Waals surface area (Å²) < 4.78 is 1.26. The molecule has 31 heavy (non-hydrogen) atoms. The molecule has 7 heteroatoms. The number of hydrogen-bond donors (Lipinski definition) is 1. The van der Waals surface area contributed by atoms with E-state index in [2.05, 4.69) is 34.6 Å². The van der Waals surface area contributed by atoms with Crippen molar-refractivity contribution < 1.29 is 9.59 Å². The van der Waals surface area contributed by atoms with E-state index in [-0.39, 0.29) is 30.5 Å². The Balaban J connectivity index is 1.24. The highest BCUT2D eigenvalue weighted by Crippen LogP contribution is 2.21. The van der Waals surface area contributed by atoms with Crippen LogP contribution >= 0.6 is 0 Å². The molecular formula is C24H26N4O3. The van der Waals surface area contributed by atoms with Gasteiger partial charge in [-0.3, -0.25) is 19.0 Å². The van der Waals surface area contributed by atoms with Gasteiger partial charge in [0.05, 0.1) is 23.8 Å². The van der Waals surface area contributed by atoms with Crippen LogP contribution in [0.5, 0.6) is 0 Å². The molecule has 7 nitrogen and oxygen atoms in total. The number of carbonyl (C=O) groups is 2. The third-order valence-electron chi connectivity index (χ3n) is 5.82. The number of carbonyl (C=O) groups excluding carboxylic acids is 2. The number of nitrogens with zero attached hydrogens (tertiary/aromatic N) is 3. The van der Waals surface area contributed by atoms with Crippen LogP contribution in [0.2, 0.25) is 0 Å². The summed E-state index contributed by atoms with van der Waals surface area (Å²) in [4.78, 5) is 43.3. The Kier molecular flexibility index (Phi) is 6.40. The van der Waals surface area contributed by atoms with Crippen LogP contribution in [-0.2, 0) is 22.6 Å². The average Bonchev–Trinajstić information content (AvgIpc) is 2.81. The second-order valence-electron chi connectivity index (χ2n) is 7.99. The molecule has 1 fully saturated rings. The molecule has 0 atom stereocenters. The topological polar surface area (TPSA) is 84.3 Å². The predicted octanol–water partition coefficient (Wildman–Crippen LogP) is 1.99. The van der Waals surface area contributed by atoms with Crippen LogP contribution in [0.25, 0.3) is 10.9 Å². The number of para-hydroxylation sites is 1. The van der Waals surface area contributed by atoms with Gasteiger partial charge in [0.1, 0.15) is 6.54 Å². The van der Waals surface area contributed by atoms with Crippen LogP contribution in [0, 0.1) is 5.92 Å². The molecule has 0 unspecified atom stereocenters. The summed E-state index contributed by atoms with van der Waals surface area (Å²) in [6.07, 6.45) is 4.33. The third-order valence-corrected chi connectivity index (χ3v) is 5.82. The summed E-state index contributed by atoms with van der Waals surface area (Å²) in [5.41, 5.74) is 1.65. The third kappa shape index (κ3) is 5.17. The molecule has 4 rings (SSSR count). The molecule has 1 aliphatic heterocycles. The van der Waals surface area contributed by atoms with Crippen molar-refractivity contribution in [3.63, 3.8) is 0 Å². The van der Waals surface area contributed by atoms with Gasteiger partial charge in [0.25, 0.3) is 5.56 Å². The summed E-state index contributed by atoms with van der Waals surface area (Å²) >= 11 is 0. The molecule has 2 heterocycles. The van der Waals surface area contributed by atoms with Gasteiger partial charge in [0.2, 0.25) is 11.8 Å². The zero-order valence-corrected chi connectivity index (χ0v) is 17.4. The standard InChI is InChI=1S/C24H26N4O3/c29-22(16-28-17-26-21-9-5-4-8-20(21)24(28)31)25-15-23(30)27-12-10-19(11-13-27)14-18-6-2-1-3-7-18/h1-9,17,19H,10-16H2,(H,25,29). The van der Waals surface area contributed by atoms with Crippen molar-refractivity contribution in [1.29, 1.82) is 0 Å². The second-order valence-corrected chi connectivity index (χ2v) is 7.99. The predicted molar refractivity (Wildman–Crippen MR) is 118 cm³/mol. The Morgan fingerprint density at radius 1 is 1.00 bits per heavy atom.